The summed E-state index contributed by atoms with van der Waals surface area (Å²) in [5.41, 5.74) is 1.08. The van der Waals surface area contributed by atoms with Crippen LogP contribution in [0.4, 0.5) is 11.4 Å². The second kappa shape index (κ2) is 4.64. The van der Waals surface area contributed by atoms with Crippen LogP contribution in [-0.4, -0.2) is 32.2 Å². The van der Waals surface area contributed by atoms with E-state index in [1.807, 2.05) is 32.9 Å². The Bertz CT molecular complexity index is 512. The van der Waals surface area contributed by atoms with Gasteiger partial charge in [-0.15, -0.1) is 0 Å². The smallest absolute Gasteiger partial charge is 0.252 e. The summed E-state index contributed by atoms with van der Waals surface area (Å²) in [6.45, 7) is 6.32. The van der Waals surface area contributed by atoms with E-state index >= 15 is 0 Å². The third-order valence-electron chi connectivity index (χ3n) is 3.34. The summed E-state index contributed by atoms with van der Waals surface area (Å²) >= 11 is 0. The number of fused-ring (bicyclic) bond motifs is 1. The highest BCUT2D eigenvalue weighted by atomic mass is 16.5. The first-order valence-corrected chi connectivity index (χ1v) is 6.30. The summed E-state index contributed by atoms with van der Waals surface area (Å²) in [5, 5.41) is 3.25. The zero-order valence-corrected chi connectivity index (χ0v) is 12.0. The summed E-state index contributed by atoms with van der Waals surface area (Å²) in [4.78, 5) is 14.1. The van der Waals surface area contributed by atoms with Gasteiger partial charge in [0.05, 0.1) is 25.6 Å². The Labute approximate surface area is 113 Å². The van der Waals surface area contributed by atoms with Crippen molar-refractivity contribution >= 4 is 17.3 Å². The summed E-state index contributed by atoms with van der Waals surface area (Å²) < 4.78 is 10.6. The first kappa shape index (κ1) is 13.5. The van der Waals surface area contributed by atoms with Crippen molar-refractivity contribution in [2.24, 2.45) is 0 Å². The second-order valence-electron chi connectivity index (χ2n) is 5.02. The molecule has 0 atom stereocenters. The monoisotopic (exact) mass is 264 g/mol. The Hall–Kier alpha value is -1.91. The summed E-state index contributed by atoms with van der Waals surface area (Å²) in [7, 11) is 3.18. The normalized spacial score (nSPS) is 16.7. The van der Waals surface area contributed by atoms with E-state index in [2.05, 4.69) is 5.32 Å². The predicted molar refractivity (Wildman–Crippen MR) is 75.3 cm³/mol. The molecule has 1 amide bonds. The highest BCUT2D eigenvalue weighted by Gasteiger charge is 2.38. The molecular weight excluding hydrogens is 244 g/mol. The van der Waals surface area contributed by atoms with Crippen LogP contribution in [0, 0.1) is 0 Å². The molecule has 5 heteroatoms. The molecule has 0 fully saturated rings. The van der Waals surface area contributed by atoms with Crippen LogP contribution >= 0.6 is 0 Å². The van der Waals surface area contributed by atoms with Crippen LogP contribution in [0.2, 0.25) is 0 Å². The van der Waals surface area contributed by atoms with Crippen LogP contribution in [-0.2, 0) is 4.79 Å². The molecule has 5 nitrogen and oxygen atoms in total. The molecular formula is C14H20N2O3. The van der Waals surface area contributed by atoms with E-state index in [4.69, 9.17) is 9.47 Å². The maximum absolute atomic E-state index is 12.4. The number of ether oxygens (including phenoxy) is 2. The van der Waals surface area contributed by atoms with Crippen molar-refractivity contribution in [3.8, 4) is 11.5 Å². The maximum atomic E-state index is 12.4. The molecule has 19 heavy (non-hydrogen) atoms. The van der Waals surface area contributed by atoms with Gasteiger partial charge >= 0.3 is 0 Å². The van der Waals surface area contributed by atoms with Crippen molar-refractivity contribution in [1.29, 1.82) is 0 Å². The number of likely N-dealkylation sites (N-methyl/N-ethyl adjacent to an activating group) is 1. The summed E-state index contributed by atoms with van der Waals surface area (Å²) in [5.74, 6) is 1.32. The number of anilines is 2. The molecule has 0 radical (unpaired) electrons. The number of rotatable bonds is 3. The van der Waals surface area contributed by atoms with Gasteiger partial charge in [-0.2, -0.15) is 0 Å². The highest BCUT2D eigenvalue weighted by Crippen LogP contribution is 2.42. The molecule has 0 bridgehead atoms. The lowest BCUT2D eigenvalue weighted by molar-refractivity contribution is -0.122. The van der Waals surface area contributed by atoms with E-state index in [1.54, 1.807) is 19.1 Å². The number of hydrogen-bond acceptors (Lipinski definition) is 4. The van der Waals surface area contributed by atoms with Crippen LogP contribution in [0.1, 0.15) is 20.8 Å². The molecule has 0 aromatic heterocycles. The number of methoxy groups -OCH3 is 2. The van der Waals surface area contributed by atoms with Gasteiger partial charge in [0.2, 0.25) is 0 Å². The number of hydrogen-bond donors (Lipinski definition) is 1. The lowest BCUT2D eigenvalue weighted by Crippen LogP contribution is -2.53. The van der Waals surface area contributed by atoms with E-state index in [-0.39, 0.29) is 5.91 Å². The molecule has 0 unspecified atom stereocenters. The van der Waals surface area contributed by atoms with Gasteiger partial charge in [-0.25, -0.2) is 0 Å². The predicted octanol–water partition coefficient (Wildman–Crippen LogP) is 2.26. The maximum Gasteiger partial charge on any atom is 0.252 e. The molecule has 1 aromatic rings. The van der Waals surface area contributed by atoms with Crippen molar-refractivity contribution in [3.05, 3.63) is 12.1 Å². The Morgan fingerprint density at radius 1 is 1.21 bits per heavy atom. The van der Waals surface area contributed by atoms with Crippen molar-refractivity contribution in [3.63, 3.8) is 0 Å². The lowest BCUT2D eigenvalue weighted by atomic mass is 9.98. The van der Waals surface area contributed by atoms with E-state index in [0.29, 0.717) is 18.0 Å². The van der Waals surface area contributed by atoms with Crippen LogP contribution in [0.25, 0.3) is 0 Å². The SMILES string of the molecule is CCN1C(=O)C(C)(C)Nc2cc(OC)c(OC)cc21. The minimum Gasteiger partial charge on any atom is -0.493 e. The first-order valence-electron chi connectivity index (χ1n) is 6.30. The highest BCUT2D eigenvalue weighted by molar-refractivity contribution is 6.07. The Balaban J connectivity index is 2.60. The zero-order chi connectivity index (χ0) is 14.2. The Morgan fingerprint density at radius 3 is 2.32 bits per heavy atom. The molecule has 0 saturated heterocycles. The van der Waals surface area contributed by atoms with Gasteiger partial charge in [0, 0.05) is 18.7 Å². The molecule has 104 valence electrons. The average molecular weight is 264 g/mol. The molecule has 2 rings (SSSR count). The fourth-order valence-electron chi connectivity index (χ4n) is 2.34. The molecule has 1 heterocycles. The van der Waals surface area contributed by atoms with Gasteiger partial charge < -0.3 is 19.7 Å². The van der Waals surface area contributed by atoms with Gasteiger partial charge in [0.15, 0.2) is 11.5 Å². The fraction of sp³-hybridized carbons (Fsp3) is 0.500. The van der Waals surface area contributed by atoms with E-state index in [9.17, 15) is 4.79 Å². The Kier molecular flexibility index (Phi) is 3.30. The summed E-state index contributed by atoms with van der Waals surface area (Å²) in [6, 6.07) is 3.70. The van der Waals surface area contributed by atoms with Gasteiger partial charge in [-0.05, 0) is 20.8 Å². The molecule has 1 N–H and O–H groups in total. The minimum absolute atomic E-state index is 0.0507. The number of nitrogens with zero attached hydrogens (tertiary/aromatic N) is 1. The Morgan fingerprint density at radius 2 is 1.79 bits per heavy atom. The molecule has 1 aliphatic heterocycles. The molecule has 0 spiro atoms. The van der Waals surface area contributed by atoms with Crippen LogP contribution in [0.3, 0.4) is 0 Å². The molecule has 0 saturated carbocycles. The van der Waals surface area contributed by atoms with E-state index in [0.717, 1.165) is 11.4 Å². The largest absolute Gasteiger partial charge is 0.493 e. The first-order chi connectivity index (χ1) is 8.94. The van der Waals surface area contributed by atoms with E-state index < -0.39 is 5.54 Å². The number of nitrogens with one attached hydrogen (secondary N) is 1. The molecule has 1 aromatic carbocycles. The van der Waals surface area contributed by atoms with Gasteiger partial charge in [-0.3, -0.25) is 4.79 Å². The van der Waals surface area contributed by atoms with E-state index in [1.165, 1.54) is 0 Å². The quantitative estimate of drug-likeness (QED) is 0.909. The number of carbonyl (C=O) groups is 1. The second-order valence-corrected chi connectivity index (χ2v) is 5.02. The molecule has 1 aliphatic rings. The average Bonchev–Trinajstić information content (AvgIpc) is 2.38. The number of benzene rings is 1. The van der Waals surface area contributed by atoms with Crippen molar-refractivity contribution in [2.75, 3.05) is 31.0 Å². The van der Waals surface area contributed by atoms with Gasteiger partial charge in [-0.1, -0.05) is 0 Å². The van der Waals surface area contributed by atoms with Crippen LogP contribution < -0.4 is 19.7 Å². The zero-order valence-electron chi connectivity index (χ0n) is 12.0. The third-order valence-corrected chi connectivity index (χ3v) is 3.34. The molecule has 0 aliphatic carbocycles. The summed E-state index contributed by atoms with van der Waals surface area (Å²) in [6.07, 6.45) is 0. The van der Waals surface area contributed by atoms with Crippen LogP contribution in [0.5, 0.6) is 11.5 Å². The number of carbonyl (C=O) groups excluding carboxylic acids is 1. The standard InChI is InChI=1S/C14H20N2O3/c1-6-16-10-8-12(19-5)11(18-4)7-9(10)15-14(2,3)13(16)17/h7-8,15H,6H2,1-5H3. The third kappa shape index (κ3) is 2.09. The fourth-order valence-corrected chi connectivity index (χ4v) is 2.34. The van der Waals surface area contributed by atoms with Crippen LogP contribution in [0.15, 0.2) is 12.1 Å². The number of amides is 1. The van der Waals surface area contributed by atoms with Gasteiger partial charge in [0.25, 0.3) is 5.91 Å². The van der Waals surface area contributed by atoms with Crippen molar-refractivity contribution < 1.29 is 14.3 Å². The van der Waals surface area contributed by atoms with Gasteiger partial charge in [0.1, 0.15) is 5.54 Å². The topological polar surface area (TPSA) is 50.8 Å². The van der Waals surface area contributed by atoms with Crippen molar-refractivity contribution in [2.45, 2.75) is 26.3 Å². The minimum atomic E-state index is -0.622. The van der Waals surface area contributed by atoms with Crippen molar-refractivity contribution in [1.82, 2.24) is 0 Å². The lowest BCUT2D eigenvalue weighted by Gasteiger charge is -2.39.